The minimum Gasteiger partial charge on any atom is -0.490 e. The summed E-state index contributed by atoms with van der Waals surface area (Å²) in [5.74, 6) is -5.64. The van der Waals surface area contributed by atoms with E-state index in [9.17, 15) is 22.8 Å². The van der Waals surface area contributed by atoms with Gasteiger partial charge in [0.25, 0.3) is 5.91 Å². The first kappa shape index (κ1) is 21.1. The molecule has 0 aliphatic carbocycles. The Bertz CT molecular complexity index is 844. The topological polar surface area (TPSA) is 73.9 Å². The molecule has 0 saturated heterocycles. The Morgan fingerprint density at radius 3 is 2.29 bits per heavy atom. The second kappa shape index (κ2) is 10.2. The molecule has 150 valence electrons. The molecule has 0 aromatic heterocycles. The van der Waals surface area contributed by atoms with Crippen molar-refractivity contribution in [1.82, 2.24) is 0 Å². The van der Waals surface area contributed by atoms with E-state index >= 15 is 0 Å². The first-order chi connectivity index (χ1) is 13.4. The quantitative estimate of drug-likeness (QED) is 0.518. The Balaban J connectivity index is 1.81. The van der Waals surface area contributed by atoms with E-state index in [1.165, 1.54) is 0 Å². The molecule has 6 nitrogen and oxygen atoms in total. The molecule has 2 aromatic rings. The number of esters is 1. The van der Waals surface area contributed by atoms with Crippen molar-refractivity contribution in [3.8, 4) is 11.5 Å². The standard InChI is InChI=1S/C19H18F3NO5/c1-2-9-26-14-5-3-4-6-15(14)27-11-17(25)28-10-16(24)23-13-8-7-12(20)18(21)19(13)22/h3-8H,2,9-11H2,1H3,(H,23,24). The first-order valence-corrected chi connectivity index (χ1v) is 8.36. The van der Waals surface area contributed by atoms with Crippen LogP contribution in [0.25, 0.3) is 0 Å². The zero-order chi connectivity index (χ0) is 20.5. The molecule has 9 heteroatoms. The van der Waals surface area contributed by atoms with Crippen LogP contribution < -0.4 is 14.8 Å². The summed E-state index contributed by atoms with van der Waals surface area (Å²) in [5, 5.41) is 1.98. The minimum absolute atomic E-state index is 0.334. The Morgan fingerprint density at radius 1 is 0.929 bits per heavy atom. The van der Waals surface area contributed by atoms with Crippen molar-refractivity contribution in [3.63, 3.8) is 0 Å². The lowest BCUT2D eigenvalue weighted by molar-refractivity contribution is -0.149. The number of carbonyl (C=O) groups is 2. The Morgan fingerprint density at radius 2 is 1.61 bits per heavy atom. The molecule has 0 aliphatic heterocycles. The number of nitrogens with one attached hydrogen (secondary N) is 1. The molecule has 0 unspecified atom stereocenters. The van der Waals surface area contributed by atoms with Crippen LogP contribution in [-0.4, -0.2) is 31.7 Å². The summed E-state index contributed by atoms with van der Waals surface area (Å²) in [4.78, 5) is 23.4. The summed E-state index contributed by atoms with van der Waals surface area (Å²) in [6, 6.07) is 8.24. The summed E-state index contributed by atoms with van der Waals surface area (Å²) in [7, 11) is 0. The van der Waals surface area contributed by atoms with E-state index in [1.54, 1.807) is 24.3 Å². The molecule has 0 bridgehead atoms. The number of carbonyl (C=O) groups excluding carboxylic acids is 2. The van der Waals surface area contributed by atoms with Gasteiger partial charge in [-0.15, -0.1) is 0 Å². The van der Waals surface area contributed by atoms with Gasteiger partial charge in [-0.05, 0) is 30.7 Å². The molecule has 0 atom stereocenters. The number of ether oxygens (including phenoxy) is 3. The van der Waals surface area contributed by atoms with E-state index in [0.717, 1.165) is 12.5 Å². The number of rotatable bonds is 9. The molecule has 0 radical (unpaired) electrons. The molecule has 2 aromatic carbocycles. The Labute approximate surface area is 159 Å². The van der Waals surface area contributed by atoms with E-state index in [4.69, 9.17) is 14.2 Å². The van der Waals surface area contributed by atoms with Crippen LogP contribution in [0.1, 0.15) is 13.3 Å². The number of hydrogen-bond donors (Lipinski definition) is 1. The average Bonchev–Trinajstić information content (AvgIpc) is 2.70. The van der Waals surface area contributed by atoms with E-state index in [0.29, 0.717) is 24.2 Å². The number of anilines is 1. The SMILES string of the molecule is CCCOc1ccccc1OCC(=O)OCC(=O)Nc1ccc(F)c(F)c1F. The highest BCUT2D eigenvalue weighted by atomic mass is 19.2. The minimum atomic E-state index is -1.72. The monoisotopic (exact) mass is 397 g/mol. The fraction of sp³-hybridized carbons (Fsp3) is 0.263. The summed E-state index contributed by atoms with van der Waals surface area (Å²) < 4.78 is 54.9. The Kier molecular flexibility index (Phi) is 7.67. The van der Waals surface area contributed by atoms with Crippen molar-refractivity contribution in [2.45, 2.75) is 13.3 Å². The van der Waals surface area contributed by atoms with E-state index in [-0.39, 0.29) is 0 Å². The molecular weight excluding hydrogens is 379 g/mol. The summed E-state index contributed by atoms with van der Waals surface area (Å²) >= 11 is 0. The van der Waals surface area contributed by atoms with Crippen LogP contribution in [0, 0.1) is 17.5 Å². The Hall–Kier alpha value is -3.23. The lowest BCUT2D eigenvalue weighted by Crippen LogP contribution is -2.24. The van der Waals surface area contributed by atoms with Gasteiger partial charge in [0.2, 0.25) is 0 Å². The average molecular weight is 397 g/mol. The third-order valence-electron chi connectivity index (χ3n) is 3.33. The normalized spacial score (nSPS) is 10.3. The second-order valence-electron chi connectivity index (χ2n) is 5.52. The molecule has 28 heavy (non-hydrogen) atoms. The molecule has 1 amide bonds. The van der Waals surface area contributed by atoms with E-state index in [2.05, 4.69) is 0 Å². The fourth-order valence-corrected chi connectivity index (χ4v) is 2.03. The summed E-state index contributed by atoms with van der Waals surface area (Å²) in [6.07, 6.45) is 0.796. The molecule has 2 rings (SSSR count). The number of benzene rings is 2. The van der Waals surface area contributed by atoms with Crippen LogP contribution in [-0.2, 0) is 14.3 Å². The highest BCUT2D eigenvalue weighted by Crippen LogP contribution is 2.26. The van der Waals surface area contributed by atoms with Crippen molar-refractivity contribution in [2.75, 3.05) is 25.1 Å². The second-order valence-corrected chi connectivity index (χ2v) is 5.52. The first-order valence-electron chi connectivity index (χ1n) is 8.36. The fourth-order valence-electron chi connectivity index (χ4n) is 2.03. The van der Waals surface area contributed by atoms with Crippen molar-refractivity contribution in [1.29, 1.82) is 0 Å². The maximum absolute atomic E-state index is 13.5. The smallest absolute Gasteiger partial charge is 0.344 e. The summed E-state index contributed by atoms with van der Waals surface area (Å²) in [6.45, 7) is 1.18. The van der Waals surface area contributed by atoms with Crippen LogP contribution in [0.2, 0.25) is 0 Å². The zero-order valence-corrected chi connectivity index (χ0v) is 15.0. The van der Waals surface area contributed by atoms with Crippen molar-refractivity contribution < 1.29 is 37.0 Å². The molecule has 0 heterocycles. The maximum Gasteiger partial charge on any atom is 0.344 e. The van der Waals surface area contributed by atoms with Gasteiger partial charge in [0.15, 0.2) is 42.2 Å². The van der Waals surface area contributed by atoms with Gasteiger partial charge in [0.1, 0.15) is 0 Å². The van der Waals surface area contributed by atoms with Crippen LogP contribution in [0.15, 0.2) is 36.4 Å². The molecule has 0 fully saturated rings. The highest BCUT2D eigenvalue weighted by molar-refractivity contribution is 5.93. The van der Waals surface area contributed by atoms with Gasteiger partial charge in [0, 0.05) is 0 Å². The van der Waals surface area contributed by atoms with Gasteiger partial charge in [-0.3, -0.25) is 4.79 Å². The largest absolute Gasteiger partial charge is 0.490 e. The van der Waals surface area contributed by atoms with Gasteiger partial charge in [-0.1, -0.05) is 19.1 Å². The van der Waals surface area contributed by atoms with E-state index in [1.807, 2.05) is 12.2 Å². The van der Waals surface area contributed by atoms with Crippen molar-refractivity contribution in [3.05, 3.63) is 53.8 Å². The number of para-hydroxylation sites is 2. The van der Waals surface area contributed by atoms with Crippen LogP contribution in [0.4, 0.5) is 18.9 Å². The molecular formula is C19H18F3NO5. The van der Waals surface area contributed by atoms with Gasteiger partial charge in [-0.2, -0.15) is 0 Å². The molecule has 1 N–H and O–H groups in total. The third-order valence-corrected chi connectivity index (χ3v) is 3.33. The van der Waals surface area contributed by atoms with Gasteiger partial charge in [0.05, 0.1) is 12.3 Å². The highest BCUT2D eigenvalue weighted by Gasteiger charge is 2.16. The van der Waals surface area contributed by atoms with Crippen molar-refractivity contribution in [2.24, 2.45) is 0 Å². The maximum atomic E-state index is 13.5. The van der Waals surface area contributed by atoms with Crippen LogP contribution >= 0.6 is 0 Å². The van der Waals surface area contributed by atoms with E-state index < -0.39 is 48.2 Å². The molecule has 0 aliphatic rings. The zero-order valence-electron chi connectivity index (χ0n) is 15.0. The number of amides is 1. The van der Waals surface area contributed by atoms with Gasteiger partial charge >= 0.3 is 5.97 Å². The lowest BCUT2D eigenvalue weighted by atomic mass is 10.3. The summed E-state index contributed by atoms with van der Waals surface area (Å²) in [5.41, 5.74) is -0.571. The van der Waals surface area contributed by atoms with Crippen molar-refractivity contribution >= 4 is 17.6 Å². The predicted octanol–water partition coefficient (Wildman–Crippen LogP) is 3.45. The number of hydrogen-bond acceptors (Lipinski definition) is 5. The predicted molar refractivity (Wildman–Crippen MR) is 93.6 cm³/mol. The lowest BCUT2D eigenvalue weighted by Gasteiger charge is -2.12. The van der Waals surface area contributed by atoms with Gasteiger partial charge in [-0.25, -0.2) is 18.0 Å². The van der Waals surface area contributed by atoms with Crippen LogP contribution in [0.3, 0.4) is 0 Å². The molecule has 0 saturated carbocycles. The molecule has 0 spiro atoms. The van der Waals surface area contributed by atoms with Crippen LogP contribution in [0.5, 0.6) is 11.5 Å². The third kappa shape index (κ3) is 5.90. The number of halogens is 3. The van der Waals surface area contributed by atoms with Gasteiger partial charge < -0.3 is 19.5 Å².